The number of rotatable bonds is 3. The second kappa shape index (κ2) is 13.3. The molecule has 4 nitrogen and oxygen atoms in total. The molecule has 0 saturated carbocycles. The molecule has 0 spiro atoms. The Morgan fingerprint density at radius 1 is 0.674 bits per heavy atom. The Labute approximate surface area is 285 Å². The smallest absolute Gasteiger partial charge is 0.128 e. The number of hydrogen-bond donors (Lipinski definition) is 0. The Kier molecular flexibility index (Phi) is 9.58. The minimum atomic E-state index is 0. The molecule has 0 atom stereocenters. The molecule has 0 aliphatic rings. The maximum atomic E-state index is 6.48. The van der Waals surface area contributed by atoms with Crippen molar-refractivity contribution in [2.45, 2.75) is 61.8 Å². The van der Waals surface area contributed by atoms with Crippen LogP contribution in [-0.2, 0) is 26.5 Å². The van der Waals surface area contributed by atoms with E-state index < -0.39 is 0 Å². The van der Waals surface area contributed by atoms with Crippen molar-refractivity contribution in [3.05, 3.63) is 125 Å². The molecule has 0 N–H and O–H groups in total. The predicted octanol–water partition coefficient (Wildman–Crippen LogP) is 10.7. The van der Waals surface area contributed by atoms with Gasteiger partial charge in [-0.15, -0.1) is 53.6 Å². The van der Waals surface area contributed by atoms with Gasteiger partial charge in [0.05, 0.1) is 5.58 Å². The third-order valence-corrected chi connectivity index (χ3v) is 8.35. The Balaban J connectivity index is 0.000000220. The van der Waals surface area contributed by atoms with Gasteiger partial charge in [-0.1, -0.05) is 74.0 Å². The molecule has 7 aromatic rings. The fraction of sp³-hybridized carbons (Fsp3) is 0.244. The summed E-state index contributed by atoms with van der Waals surface area (Å²) < 4.78 is 6.48. The third-order valence-electron chi connectivity index (χ3n) is 8.35. The van der Waals surface area contributed by atoms with E-state index >= 15 is 0 Å². The third kappa shape index (κ3) is 6.82. The van der Waals surface area contributed by atoms with Crippen LogP contribution in [0.15, 0.2) is 83.7 Å². The molecule has 4 aromatic heterocycles. The van der Waals surface area contributed by atoms with Gasteiger partial charge in [0.2, 0.25) is 0 Å². The summed E-state index contributed by atoms with van der Waals surface area (Å²) in [6.07, 6.45) is 6.73. The number of aromatic nitrogens is 3. The number of aryl methyl sites for hydroxylation is 5. The van der Waals surface area contributed by atoms with E-state index in [4.69, 9.17) is 9.40 Å². The van der Waals surface area contributed by atoms with Crippen molar-refractivity contribution in [2.24, 2.45) is 5.41 Å². The SMILES string of the molecule is Cc1c[c-]c(-c2cc(C)c(C)cn2)cc1.Cc1cnc(-c2[c-]ccc3c2oc2c4ccnc(C)c4ccc32)cc1CC(C)(C)C.[Ir]. The van der Waals surface area contributed by atoms with E-state index in [2.05, 4.69) is 113 Å². The zero-order valence-electron chi connectivity index (χ0n) is 27.8. The van der Waals surface area contributed by atoms with Crippen LogP contribution in [0, 0.1) is 52.2 Å². The molecular formula is C41H39IrN3O-2. The standard InChI is InChI=1S/C27H25N2O.C14H14N.Ir/c1-16-15-29-24(13-18(16)14-27(3,4)5)23-8-6-7-20-21-10-9-19-17(2)28-12-11-22(19)25(21)30-26(20)23;1-10-4-6-13(7-5-10)14-8-11(2)12(3)9-15-14;/h6-7,9-13,15H,14H2,1-5H3;4-6,8-9H,1-3H3;/q2*-1;. The fourth-order valence-corrected chi connectivity index (χ4v) is 5.69. The van der Waals surface area contributed by atoms with Gasteiger partial charge in [0.25, 0.3) is 0 Å². The zero-order chi connectivity index (χ0) is 31.9. The normalized spacial score (nSPS) is 11.4. The summed E-state index contributed by atoms with van der Waals surface area (Å²) in [5.41, 5.74) is 13.1. The van der Waals surface area contributed by atoms with Gasteiger partial charge in [0.1, 0.15) is 5.58 Å². The Bertz CT molecular complexity index is 2170. The second-order valence-corrected chi connectivity index (χ2v) is 13.3. The molecule has 0 saturated heterocycles. The topological polar surface area (TPSA) is 51.8 Å². The number of nitrogens with zero attached hydrogens (tertiary/aromatic N) is 3. The molecule has 4 heterocycles. The number of fused-ring (bicyclic) bond motifs is 5. The molecule has 1 radical (unpaired) electrons. The van der Waals surface area contributed by atoms with E-state index in [1.807, 2.05) is 43.7 Å². The number of benzene rings is 3. The second-order valence-electron chi connectivity index (χ2n) is 13.3. The van der Waals surface area contributed by atoms with Gasteiger partial charge in [0.15, 0.2) is 0 Å². The van der Waals surface area contributed by atoms with Crippen LogP contribution in [0.5, 0.6) is 0 Å². The van der Waals surface area contributed by atoms with Gasteiger partial charge in [-0.3, -0.25) is 4.98 Å². The van der Waals surface area contributed by atoms with Crippen molar-refractivity contribution in [1.29, 1.82) is 0 Å². The van der Waals surface area contributed by atoms with Crippen molar-refractivity contribution >= 4 is 32.7 Å². The maximum Gasteiger partial charge on any atom is 0.128 e. The van der Waals surface area contributed by atoms with Crippen LogP contribution < -0.4 is 0 Å². The van der Waals surface area contributed by atoms with Crippen LogP contribution in [0.4, 0.5) is 0 Å². The van der Waals surface area contributed by atoms with E-state index in [1.54, 1.807) is 0 Å². The van der Waals surface area contributed by atoms with Gasteiger partial charge in [0, 0.05) is 60.5 Å². The monoisotopic (exact) mass is 782 g/mol. The van der Waals surface area contributed by atoms with Crippen LogP contribution in [-0.4, -0.2) is 15.0 Å². The summed E-state index contributed by atoms with van der Waals surface area (Å²) in [4.78, 5) is 13.6. The van der Waals surface area contributed by atoms with Crippen molar-refractivity contribution < 1.29 is 24.5 Å². The van der Waals surface area contributed by atoms with Crippen molar-refractivity contribution in [1.82, 2.24) is 15.0 Å². The molecule has 0 fully saturated rings. The molecule has 235 valence electrons. The van der Waals surface area contributed by atoms with Gasteiger partial charge in [-0.05, 0) is 68.1 Å². The molecule has 0 unspecified atom stereocenters. The van der Waals surface area contributed by atoms with E-state index in [9.17, 15) is 0 Å². The number of pyridine rings is 3. The average Bonchev–Trinajstić information content (AvgIpc) is 3.40. The first kappa shape index (κ1) is 33.2. The molecule has 7 rings (SSSR count). The Morgan fingerprint density at radius 2 is 1.37 bits per heavy atom. The zero-order valence-corrected chi connectivity index (χ0v) is 30.2. The van der Waals surface area contributed by atoms with E-state index in [-0.39, 0.29) is 25.5 Å². The Morgan fingerprint density at radius 3 is 2.09 bits per heavy atom. The average molecular weight is 782 g/mol. The number of hydrogen-bond acceptors (Lipinski definition) is 4. The van der Waals surface area contributed by atoms with Crippen LogP contribution >= 0.6 is 0 Å². The molecule has 0 aliphatic carbocycles. The summed E-state index contributed by atoms with van der Waals surface area (Å²) in [7, 11) is 0. The summed E-state index contributed by atoms with van der Waals surface area (Å²) in [5.74, 6) is 0. The van der Waals surface area contributed by atoms with E-state index in [1.165, 1.54) is 27.8 Å². The summed E-state index contributed by atoms with van der Waals surface area (Å²) in [5, 5.41) is 4.41. The van der Waals surface area contributed by atoms with Crippen molar-refractivity contribution in [3.8, 4) is 22.5 Å². The van der Waals surface area contributed by atoms with Crippen molar-refractivity contribution in [3.63, 3.8) is 0 Å². The Hall–Kier alpha value is -4.18. The maximum absolute atomic E-state index is 6.48. The van der Waals surface area contributed by atoms with Gasteiger partial charge < -0.3 is 14.4 Å². The minimum absolute atomic E-state index is 0. The minimum Gasteiger partial charge on any atom is -0.500 e. The molecule has 0 amide bonds. The van der Waals surface area contributed by atoms with Crippen LogP contribution in [0.1, 0.15) is 54.3 Å². The van der Waals surface area contributed by atoms with Gasteiger partial charge in [-0.2, -0.15) is 0 Å². The fourth-order valence-electron chi connectivity index (χ4n) is 5.69. The van der Waals surface area contributed by atoms with Gasteiger partial charge >= 0.3 is 0 Å². The summed E-state index contributed by atoms with van der Waals surface area (Å²) in [6.45, 7) is 17.2. The first-order valence-corrected chi connectivity index (χ1v) is 15.5. The largest absolute Gasteiger partial charge is 0.500 e. The van der Waals surface area contributed by atoms with Crippen molar-refractivity contribution in [2.75, 3.05) is 0 Å². The quantitative estimate of drug-likeness (QED) is 0.168. The van der Waals surface area contributed by atoms with E-state index in [0.29, 0.717) is 0 Å². The van der Waals surface area contributed by atoms with Gasteiger partial charge in [-0.25, -0.2) is 0 Å². The predicted molar refractivity (Wildman–Crippen MR) is 186 cm³/mol. The molecule has 5 heteroatoms. The van der Waals surface area contributed by atoms with Crippen LogP contribution in [0.3, 0.4) is 0 Å². The molecule has 0 aliphatic heterocycles. The van der Waals surface area contributed by atoms with E-state index in [0.717, 1.165) is 67.3 Å². The van der Waals surface area contributed by atoms with Crippen LogP contribution in [0.2, 0.25) is 0 Å². The summed E-state index contributed by atoms with van der Waals surface area (Å²) >= 11 is 0. The first-order valence-electron chi connectivity index (χ1n) is 15.5. The van der Waals surface area contributed by atoms with Crippen LogP contribution in [0.25, 0.3) is 55.2 Å². The number of furan rings is 1. The first-order chi connectivity index (χ1) is 21.5. The molecule has 0 bridgehead atoms. The molecule has 46 heavy (non-hydrogen) atoms. The summed E-state index contributed by atoms with van der Waals surface area (Å²) in [6, 6.07) is 27.4. The molecular weight excluding hydrogens is 743 g/mol. The molecule has 3 aromatic carbocycles.